The third-order valence-electron chi connectivity index (χ3n) is 1.61. The summed E-state index contributed by atoms with van der Waals surface area (Å²) in [5.74, 6) is 0.0632. The molecule has 0 fully saturated rings. The second kappa shape index (κ2) is 6.46. The maximum Gasteiger partial charge on any atom is 0.333 e. The molecule has 0 aromatic carbocycles. The maximum absolute atomic E-state index is 11.2. The lowest BCUT2D eigenvalue weighted by atomic mass is 10.1. The van der Waals surface area contributed by atoms with Gasteiger partial charge < -0.3 is 4.74 Å². The molecular formula is C11H18O2. The summed E-state index contributed by atoms with van der Waals surface area (Å²) in [5, 5.41) is 0. The van der Waals surface area contributed by atoms with Crippen LogP contribution in [0, 0.1) is 5.92 Å². The van der Waals surface area contributed by atoms with E-state index in [0.29, 0.717) is 12.2 Å². The van der Waals surface area contributed by atoms with Gasteiger partial charge in [-0.1, -0.05) is 25.2 Å². The van der Waals surface area contributed by atoms with Crippen molar-refractivity contribution in [3.05, 3.63) is 23.8 Å². The molecule has 0 saturated carbocycles. The number of ether oxygens (including phenoxy) is 1. The minimum atomic E-state index is -0.223. The van der Waals surface area contributed by atoms with Crippen molar-refractivity contribution >= 4 is 5.97 Å². The van der Waals surface area contributed by atoms with Gasteiger partial charge >= 0.3 is 5.97 Å². The van der Waals surface area contributed by atoms with Crippen LogP contribution >= 0.6 is 0 Å². The summed E-state index contributed by atoms with van der Waals surface area (Å²) >= 11 is 0. The Morgan fingerprint density at radius 2 is 2.15 bits per heavy atom. The number of carbonyl (C=O) groups excluding carboxylic acids is 1. The third kappa shape index (κ3) is 5.23. The summed E-state index contributed by atoms with van der Waals surface area (Å²) in [6.07, 6.45) is 5.90. The summed E-state index contributed by atoms with van der Waals surface area (Å²) in [5.41, 5.74) is 0.674. The zero-order chi connectivity index (χ0) is 10.3. The van der Waals surface area contributed by atoms with Crippen LogP contribution in [0.15, 0.2) is 23.8 Å². The maximum atomic E-state index is 11.2. The van der Waals surface area contributed by atoms with Gasteiger partial charge in [-0.15, -0.1) is 0 Å². The van der Waals surface area contributed by atoms with Gasteiger partial charge in [0.2, 0.25) is 0 Å². The van der Waals surface area contributed by atoms with Gasteiger partial charge in [0.1, 0.15) is 0 Å². The second-order valence-corrected chi connectivity index (χ2v) is 2.96. The Balaban J connectivity index is 4.22. The van der Waals surface area contributed by atoms with Gasteiger partial charge in [0, 0.05) is 5.57 Å². The van der Waals surface area contributed by atoms with Crippen LogP contribution in [-0.2, 0) is 9.53 Å². The summed E-state index contributed by atoms with van der Waals surface area (Å²) in [6, 6.07) is 0. The number of rotatable bonds is 4. The summed E-state index contributed by atoms with van der Waals surface area (Å²) in [4.78, 5) is 11.2. The van der Waals surface area contributed by atoms with Crippen LogP contribution in [0.5, 0.6) is 0 Å². The van der Waals surface area contributed by atoms with Crippen LogP contribution in [-0.4, -0.2) is 12.6 Å². The number of allylic oxidation sites excluding steroid dienone is 3. The van der Waals surface area contributed by atoms with Crippen molar-refractivity contribution in [1.82, 2.24) is 0 Å². The van der Waals surface area contributed by atoms with Crippen molar-refractivity contribution in [3.63, 3.8) is 0 Å². The van der Waals surface area contributed by atoms with Gasteiger partial charge in [-0.2, -0.15) is 0 Å². The molecule has 0 N–H and O–H groups in total. The molecule has 0 aromatic heterocycles. The quantitative estimate of drug-likeness (QED) is 0.379. The van der Waals surface area contributed by atoms with E-state index < -0.39 is 0 Å². The van der Waals surface area contributed by atoms with Crippen LogP contribution in [0.3, 0.4) is 0 Å². The Morgan fingerprint density at radius 3 is 2.62 bits per heavy atom. The monoisotopic (exact) mass is 182 g/mol. The molecule has 0 aliphatic heterocycles. The molecule has 1 atom stereocenters. The average Bonchev–Trinajstić information content (AvgIpc) is 2.05. The number of hydrogen-bond acceptors (Lipinski definition) is 2. The first-order chi connectivity index (χ1) is 6.11. The molecule has 2 heteroatoms. The molecule has 0 heterocycles. The zero-order valence-electron chi connectivity index (χ0n) is 8.83. The molecule has 0 aromatic rings. The number of esters is 1. The van der Waals surface area contributed by atoms with E-state index in [1.165, 1.54) is 0 Å². The van der Waals surface area contributed by atoms with Crippen molar-refractivity contribution in [2.75, 3.05) is 6.61 Å². The van der Waals surface area contributed by atoms with Crippen molar-refractivity contribution in [2.45, 2.75) is 27.7 Å². The molecule has 0 saturated heterocycles. The molecule has 0 aliphatic carbocycles. The van der Waals surface area contributed by atoms with Gasteiger partial charge in [-0.25, -0.2) is 4.79 Å². The molecule has 13 heavy (non-hydrogen) atoms. The minimum Gasteiger partial charge on any atom is -0.463 e. The van der Waals surface area contributed by atoms with Crippen molar-refractivity contribution < 1.29 is 9.53 Å². The van der Waals surface area contributed by atoms with E-state index in [9.17, 15) is 4.79 Å². The molecule has 0 unspecified atom stereocenters. The highest BCUT2D eigenvalue weighted by Crippen LogP contribution is 2.05. The molecule has 0 rings (SSSR count). The van der Waals surface area contributed by atoms with E-state index in [1.54, 1.807) is 13.8 Å². The lowest BCUT2D eigenvalue weighted by Gasteiger charge is -2.03. The Morgan fingerprint density at radius 1 is 1.54 bits per heavy atom. The first-order valence-corrected chi connectivity index (χ1v) is 4.60. The SMILES string of the molecule is C/C=C\[C@H](C)/C=C(\C)C(=O)OCC. The fourth-order valence-electron chi connectivity index (χ4n) is 1.07. The lowest BCUT2D eigenvalue weighted by Crippen LogP contribution is -2.06. The topological polar surface area (TPSA) is 26.3 Å². The third-order valence-corrected chi connectivity index (χ3v) is 1.61. The first-order valence-electron chi connectivity index (χ1n) is 4.60. The van der Waals surface area contributed by atoms with Gasteiger partial charge in [0.05, 0.1) is 6.61 Å². The van der Waals surface area contributed by atoms with Crippen LogP contribution in [0.2, 0.25) is 0 Å². The normalized spacial score (nSPS) is 14.6. The average molecular weight is 182 g/mol. The Labute approximate surface area is 80.3 Å². The standard InChI is InChI=1S/C11H18O2/c1-5-7-9(3)8-10(4)11(12)13-6-2/h5,7-9H,6H2,1-4H3/b7-5-,10-8+/t9-/m0/s1. The van der Waals surface area contributed by atoms with Crippen molar-refractivity contribution in [2.24, 2.45) is 5.92 Å². The Kier molecular flexibility index (Phi) is 5.94. The largest absolute Gasteiger partial charge is 0.463 e. The van der Waals surface area contributed by atoms with E-state index in [2.05, 4.69) is 0 Å². The highest BCUT2D eigenvalue weighted by molar-refractivity contribution is 5.87. The van der Waals surface area contributed by atoms with E-state index in [1.807, 2.05) is 32.1 Å². The minimum absolute atomic E-state index is 0.223. The van der Waals surface area contributed by atoms with Crippen molar-refractivity contribution in [3.8, 4) is 0 Å². The molecule has 0 amide bonds. The highest BCUT2D eigenvalue weighted by Gasteiger charge is 2.04. The summed E-state index contributed by atoms with van der Waals surface area (Å²) in [6.45, 7) is 8.01. The molecule has 2 nitrogen and oxygen atoms in total. The molecule has 0 spiro atoms. The Bertz CT molecular complexity index is 214. The van der Waals surface area contributed by atoms with Gasteiger partial charge in [0.25, 0.3) is 0 Å². The number of carbonyl (C=O) groups is 1. The van der Waals surface area contributed by atoms with Gasteiger partial charge in [-0.3, -0.25) is 0 Å². The van der Waals surface area contributed by atoms with E-state index in [0.717, 1.165) is 0 Å². The van der Waals surface area contributed by atoms with E-state index in [-0.39, 0.29) is 11.9 Å². The highest BCUT2D eigenvalue weighted by atomic mass is 16.5. The van der Waals surface area contributed by atoms with Gasteiger partial charge in [-0.05, 0) is 26.7 Å². The molecule has 0 radical (unpaired) electrons. The van der Waals surface area contributed by atoms with Crippen LogP contribution in [0.25, 0.3) is 0 Å². The lowest BCUT2D eigenvalue weighted by molar-refractivity contribution is -0.138. The molecule has 0 bridgehead atoms. The van der Waals surface area contributed by atoms with Crippen LogP contribution in [0.1, 0.15) is 27.7 Å². The molecule has 0 aliphatic rings. The van der Waals surface area contributed by atoms with E-state index in [4.69, 9.17) is 4.74 Å². The fraction of sp³-hybridized carbons (Fsp3) is 0.545. The summed E-state index contributed by atoms with van der Waals surface area (Å²) < 4.78 is 4.85. The van der Waals surface area contributed by atoms with Gasteiger partial charge in [0.15, 0.2) is 0 Å². The zero-order valence-corrected chi connectivity index (χ0v) is 8.83. The van der Waals surface area contributed by atoms with Crippen molar-refractivity contribution in [1.29, 1.82) is 0 Å². The van der Waals surface area contributed by atoms with Crippen LogP contribution < -0.4 is 0 Å². The Hall–Kier alpha value is -1.05. The first kappa shape index (κ1) is 11.9. The second-order valence-electron chi connectivity index (χ2n) is 2.96. The predicted molar refractivity (Wildman–Crippen MR) is 54.4 cm³/mol. The number of hydrogen-bond donors (Lipinski definition) is 0. The molecule has 74 valence electrons. The predicted octanol–water partition coefficient (Wildman–Crippen LogP) is 2.71. The fourth-order valence-corrected chi connectivity index (χ4v) is 1.07. The summed E-state index contributed by atoms with van der Waals surface area (Å²) in [7, 11) is 0. The smallest absolute Gasteiger partial charge is 0.333 e. The molecular weight excluding hydrogens is 164 g/mol. The van der Waals surface area contributed by atoms with Crippen LogP contribution in [0.4, 0.5) is 0 Å². The van der Waals surface area contributed by atoms with E-state index >= 15 is 0 Å².